The Hall–Kier alpha value is -3.60. The van der Waals surface area contributed by atoms with Gasteiger partial charge in [0.25, 0.3) is 5.91 Å². The second kappa shape index (κ2) is 9.95. The average Bonchev–Trinajstić information content (AvgIpc) is 3.16. The maximum Gasteiger partial charge on any atom is 0.405 e. The SMILES string of the molecule is CCC(=Nc1ccc(N2CCN(C)CC2)cn1)c1c(O)[nH]c2ccc(C(=O)NCC(F)(F)F)cc12. The van der Waals surface area contributed by atoms with Crippen LogP contribution in [0, 0.1) is 0 Å². The first-order valence-electron chi connectivity index (χ1n) is 11.3. The molecule has 0 spiro atoms. The van der Waals surface area contributed by atoms with E-state index in [0.717, 1.165) is 31.9 Å². The number of carbonyl (C=O) groups excluding carboxylic acids is 1. The van der Waals surface area contributed by atoms with E-state index in [4.69, 9.17) is 0 Å². The van der Waals surface area contributed by atoms with Crippen LogP contribution < -0.4 is 10.2 Å². The van der Waals surface area contributed by atoms with Gasteiger partial charge in [-0.2, -0.15) is 13.2 Å². The zero-order chi connectivity index (χ0) is 25.2. The summed E-state index contributed by atoms with van der Waals surface area (Å²) in [7, 11) is 2.09. The Kier molecular flexibility index (Phi) is 6.97. The van der Waals surface area contributed by atoms with Gasteiger partial charge in [0.15, 0.2) is 11.7 Å². The van der Waals surface area contributed by atoms with E-state index in [1.54, 1.807) is 6.20 Å². The Morgan fingerprint density at radius 2 is 1.94 bits per heavy atom. The molecule has 0 bridgehead atoms. The van der Waals surface area contributed by atoms with Crippen molar-refractivity contribution >= 4 is 34.0 Å². The molecular formula is C24H27F3N6O2. The van der Waals surface area contributed by atoms with Gasteiger partial charge in [0.2, 0.25) is 0 Å². The van der Waals surface area contributed by atoms with Crippen molar-refractivity contribution in [1.29, 1.82) is 0 Å². The third-order valence-corrected chi connectivity index (χ3v) is 5.96. The smallest absolute Gasteiger partial charge is 0.405 e. The molecule has 186 valence electrons. The number of fused-ring (bicyclic) bond motifs is 1. The fraction of sp³-hybridized carbons (Fsp3) is 0.375. The number of piperazine rings is 1. The van der Waals surface area contributed by atoms with Crippen molar-refractivity contribution in [3.8, 4) is 5.88 Å². The lowest BCUT2D eigenvalue weighted by Gasteiger charge is -2.33. The van der Waals surface area contributed by atoms with E-state index in [1.165, 1.54) is 18.2 Å². The summed E-state index contributed by atoms with van der Waals surface area (Å²) in [6, 6.07) is 8.15. The predicted octanol–water partition coefficient (Wildman–Crippen LogP) is 3.84. The van der Waals surface area contributed by atoms with Gasteiger partial charge in [-0.1, -0.05) is 6.92 Å². The minimum absolute atomic E-state index is 0.0482. The second-order valence-corrected chi connectivity index (χ2v) is 8.48. The highest BCUT2D eigenvalue weighted by atomic mass is 19.4. The van der Waals surface area contributed by atoms with Crippen LogP contribution in [-0.4, -0.2) is 77.5 Å². The van der Waals surface area contributed by atoms with Crippen molar-refractivity contribution in [2.75, 3.05) is 44.7 Å². The number of carbonyl (C=O) groups is 1. The molecule has 1 saturated heterocycles. The molecule has 3 aromatic rings. The Morgan fingerprint density at radius 3 is 2.57 bits per heavy atom. The summed E-state index contributed by atoms with van der Waals surface area (Å²) in [5.41, 5.74) is 2.51. The molecule has 11 heteroatoms. The van der Waals surface area contributed by atoms with Crippen molar-refractivity contribution < 1.29 is 23.1 Å². The number of likely N-dealkylation sites (N-methyl/N-ethyl adjacent to an activating group) is 1. The van der Waals surface area contributed by atoms with Gasteiger partial charge in [-0.05, 0) is 43.8 Å². The first-order valence-corrected chi connectivity index (χ1v) is 11.3. The molecule has 0 atom stereocenters. The normalized spacial score (nSPS) is 15.6. The first-order chi connectivity index (χ1) is 16.6. The number of rotatable bonds is 6. The number of alkyl halides is 3. The van der Waals surface area contributed by atoms with Crippen molar-refractivity contribution in [3.63, 3.8) is 0 Å². The van der Waals surface area contributed by atoms with Gasteiger partial charge >= 0.3 is 6.18 Å². The maximum absolute atomic E-state index is 12.5. The monoisotopic (exact) mass is 488 g/mol. The Bertz CT molecular complexity index is 1230. The number of hydrogen-bond donors (Lipinski definition) is 3. The number of H-pyrrole nitrogens is 1. The number of aromatic amines is 1. The van der Waals surface area contributed by atoms with E-state index in [0.29, 0.717) is 34.4 Å². The first kappa shape index (κ1) is 24.5. The van der Waals surface area contributed by atoms with Gasteiger partial charge in [-0.15, -0.1) is 0 Å². The lowest BCUT2D eigenvalue weighted by atomic mass is 10.0. The van der Waals surface area contributed by atoms with Gasteiger partial charge in [0, 0.05) is 42.6 Å². The lowest BCUT2D eigenvalue weighted by Crippen LogP contribution is -2.44. The minimum Gasteiger partial charge on any atom is -0.494 e. The van der Waals surface area contributed by atoms with Gasteiger partial charge < -0.3 is 25.2 Å². The number of aliphatic imine (C=N–C) groups is 1. The van der Waals surface area contributed by atoms with Crippen LogP contribution in [0.3, 0.4) is 0 Å². The number of aromatic hydroxyl groups is 1. The molecule has 0 radical (unpaired) electrons. The molecule has 8 nitrogen and oxygen atoms in total. The molecule has 0 unspecified atom stereocenters. The average molecular weight is 489 g/mol. The van der Waals surface area contributed by atoms with E-state index in [1.807, 2.05) is 24.4 Å². The number of amides is 1. The summed E-state index contributed by atoms with van der Waals surface area (Å²) in [6.07, 6.45) is -2.28. The van der Waals surface area contributed by atoms with E-state index < -0.39 is 18.6 Å². The van der Waals surface area contributed by atoms with Crippen molar-refractivity contribution in [3.05, 3.63) is 47.7 Å². The topological polar surface area (TPSA) is 96.8 Å². The molecule has 1 amide bonds. The Labute approximate surface area is 200 Å². The number of nitrogens with one attached hydrogen (secondary N) is 2. The minimum atomic E-state index is -4.51. The molecule has 4 rings (SSSR count). The summed E-state index contributed by atoms with van der Waals surface area (Å²) < 4.78 is 37.4. The highest BCUT2D eigenvalue weighted by Crippen LogP contribution is 2.31. The maximum atomic E-state index is 12.5. The van der Waals surface area contributed by atoms with Gasteiger partial charge in [-0.3, -0.25) is 4.79 Å². The molecule has 1 aliphatic heterocycles. The zero-order valence-corrected chi connectivity index (χ0v) is 19.5. The number of pyridine rings is 1. The summed E-state index contributed by atoms with van der Waals surface area (Å²) in [4.78, 5) is 28.7. The van der Waals surface area contributed by atoms with Crippen molar-refractivity contribution in [2.45, 2.75) is 19.5 Å². The standard InChI is InChI=1S/C24H27F3N6O2/c1-3-18(30-20-7-5-16(13-28-20)33-10-8-32(2)9-11-33)21-17-12-15(4-6-19(17)31-23(21)35)22(34)29-14-24(25,26)27/h4-7,12-13,31,35H,3,8-11,14H2,1-2H3,(H,29,34). The van der Waals surface area contributed by atoms with Crippen LogP contribution in [0.2, 0.25) is 0 Å². The summed E-state index contributed by atoms with van der Waals surface area (Å²) in [5.74, 6) is -0.526. The molecule has 35 heavy (non-hydrogen) atoms. The molecule has 1 aliphatic rings. The molecule has 0 saturated carbocycles. The molecule has 2 aromatic heterocycles. The Balaban J connectivity index is 1.61. The molecule has 0 aliphatic carbocycles. The lowest BCUT2D eigenvalue weighted by molar-refractivity contribution is -0.123. The van der Waals surface area contributed by atoms with Crippen molar-refractivity contribution in [1.82, 2.24) is 20.2 Å². The number of anilines is 1. The van der Waals surface area contributed by atoms with Crippen LogP contribution in [-0.2, 0) is 0 Å². The number of benzene rings is 1. The molecule has 1 fully saturated rings. The Morgan fingerprint density at radius 1 is 1.20 bits per heavy atom. The van der Waals surface area contributed by atoms with E-state index in [9.17, 15) is 23.1 Å². The number of halogens is 3. The second-order valence-electron chi connectivity index (χ2n) is 8.48. The quantitative estimate of drug-likeness (QED) is 0.458. The molecule has 1 aromatic carbocycles. The molecule has 3 N–H and O–H groups in total. The fourth-order valence-corrected chi connectivity index (χ4v) is 4.04. The largest absolute Gasteiger partial charge is 0.494 e. The van der Waals surface area contributed by atoms with Gasteiger partial charge in [-0.25, -0.2) is 9.98 Å². The third-order valence-electron chi connectivity index (χ3n) is 5.96. The summed E-state index contributed by atoms with van der Waals surface area (Å²) >= 11 is 0. The van der Waals surface area contributed by atoms with Gasteiger partial charge in [0.1, 0.15) is 6.54 Å². The van der Waals surface area contributed by atoms with E-state index in [2.05, 4.69) is 31.8 Å². The van der Waals surface area contributed by atoms with Crippen LogP contribution in [0.1, 0.15) is 29.3 Å². The van der Waals surface area contributed by atoms with Crippen LogP contribution in [0.25, 0.3) is 10.9 Å². The number of nitrogens with zero attached hydrogens (tertiary/aromatic N) is 4. The number of aromatic nitrogens is 2. The third kappa shape index (κ3) is 5.73. The summed E-state index contributed by atoms with van der Waals surface area (Å²) in [6.45, 7) is 4.25. The number of hydrogen-bond acceptors (Lipinski definition) is 6. The van der Waals surface area contributed by atoms with Crippen LogP contribution in [0.15, 0.2) is 41.5 Å². The highest BCUT2D eigenvalue weighted by molar-refractivity contribution is 6.14. The van der Waals surface area contributed by atoms with Crippen LogP contribution in [0.5, 0.6) is 5.88 Å². The zero-order valence-electron chi connectivity index (χ0n) is 19.5. The van der Waals surface area contributed by atoms with Crippen LogP contribution in [0.4, 0.5) is 24.7 Å². The fourth-order valence-electron chi connectivity index (χ4n) is 4.04. The molecule has 3 heterocycles. The predicted molar refractivity (Wildman–Crippen MR) is 129 cm³/mol. The van der Waals surface area contributed by atoms with Crippen molar-refractivity contribution in [2.24, 2.45) is 4.99 Å². The molecular weight excluding hydrogens is 461 g/mol. The summed E-state index contributed by atoms with van der Waals surface area (Å²) in [5, 5.41) is 12.9. The van der Waals surface area contributed by atoms with Crippen LogP contribution >= 0.6 is 0 Å². The van der Waals surface area contributed by atoms with E-state index in [-0.39, 0.29) is 11.4 Å². The van der Waals surface area contributed by atoms with E-state index >= 15 is 0 Å². The van der Waals surface area contributed by atoms with Gasteiger partial charge in [0.05, 0.1) is 23.2 Å². The highest BCUT2D eigenvalue weighted by Gasteiger charge is 2.28.